The summed E-state index contributed by atoms with van der Waals surface area (Å²) < 4.78 is 7.53. The minimum Gasteiger partial charge on any atom is -0.372 e. The molecule has 3 rings (SSSR count). The van der Waals surface area contributed by atoms with Gasteiger partial charge in [-0.1, -0.05) is 0 Å². The Labute approximate surface area is 155 Å². The molecule has 2 aromatic rings. The first-order valence-electron chi connectivity index (χ1n) is 9.47. The van der Waals surface area contributed by atoms with E-state index in [1.807, 2.05) is 30.2 Å². The summed E-state index contributed by atoms with van der Waals surface area (Å²) in [6.45, 7) is 7.47. The highest BCUT2D eigenvalue weighted by Gasteiger charge is 2.23. The first kappa shape index (κ1) is 18.6. The second kappa shape index (κ2) is 8.94. The highest BCUT2D eigenvalue weighted by atomic mass is 16.5. The highest BCUT2D eigenvalue weighted by molar-refractivity contribution is 5.77. The van der Waals surface area contributed by atoms with Crippen LogP contribution in [-0.4, -0.2) is 51.6 Å². The first-order valence-corrected chi connectivity index (χ1v) is 9.47. The van der Waals surface area contributed by atoms with E-state index in [1.165, 1.54) is 5.69 Å². The van der Waals surface area contributed by atoms with Crippen LogP contribution in [0.15, 0.2) is 30.7 Å². The maximum atomic E-state index is 12.0. The first-order chi connectivity index (χ1) is 12.7. The molecule has 0 aliphatic carbocycles. The molecule has 2 aromatic heterocycles. The summed E-state index contributed by atoms with van der Waals surface area (Å²) >= 11 is 0. The molecule has 1 saturated heterocycles. The van der Waals surface area contributed by atoms with Gasteiger partial charge in [0.1, 0.15) is 12.4 Å². The second-order valence-electron chi connectivity index (χ2n) is 6.86. The Bertz CT molecular complexity index is 706. The molecule has 0 saturated carbocycles. The Morgan fingerprint density at radius 3 is 2.69 bits per heavy atom. The number of piperidine rings is 1. The lowest BCUT2D eigenvalue weighted by Crippen LogP contribution is -2.40. The van der Waals surface area contributed by atoms with Crippen molar-refractivity contribution in [3.8, 4) is 11.4 Å². The fraction of sp³-hybridized carbons (Fsp3) is 0.550. The molecule has 0 N–H and O–H groups in total. The number of likely N-dealkylation sites (tertiary alicyclic amines) is 1. The zero-order chi connectivity index (χ0) is 18.4. The normalized spacial score (nSPS) is 15.4. The molecule has 0 radical (unpaired) electrons. The monoisotopic (exact) mass is 356 g/mol. The summed E-state index contributed by atoms with van der Waals surface area (Å²) in [5, 5.41) is 0. The number of aromatic nitrogens is 3. The molecule has 6 heteroatoms. The summed E-state index contributed by atoms with van der Waals surface area (Å²) in [7, 11) is 0. The molecule has 0 atom stereocenters. The van der Waals surface area contributed by atoms with Crippen LogP contribution in [0.25, 0.3) is 11.4 Å². The van der Waals surface area contributed by atoms with E-state index in [0.29, 0.717) is 12.5 Å². The number of pyridine rings is 1. The number of ether oxygens (including phenoxy) is 1. The topological polar surface area (TPSA) is 60.2 Å². The van der Waals surface area contributed by atoms with E-state index in [-0.39, 0.29) is 12.5 Å². The highest BCUT2D eigenvalue weighted by Crippen LogP contribution is 2.24. The molecule has 6 nitrogen and oxygen atoms in total. The van der Waals surface area contributed by atoms with Crippen molar-refractivity contribution in [1.82, 2.24) is 19.4 Å². The van der Waals surface area contributed by atoms with E-state index in [9.17, 15) is 4.79 Å². The molecule has 140 valence electrons. The SMILES string of the molecule is CCOCC(=O)N1CCC(CCn2c(C)cnc2-c2ccncc2)CC1. The van der Waals surface area contributed by atoms with Gasteiger partial charge in [-0.15, -0.1) is 0 Å². The van der Waals surface area contributed by atoms with Gasteiger partial charge in [-0.2, -0.15) is 0 Å². The minimum atomic E-state index is 0.121. The molecule has 0 spiro atoms. The quantitative estimate of drug-likeness (QED) is 0.765. The molecule has 0 bridgehead atoms. The van der Waals surface area contributed by atoms with Crippen LogP contribution in [0.4, 0.5) is 0 Å². The zero-order valence-electron chi connectivity index (χ0n) is 15.7. The van der Waals surface area contributed by atoms with E-state index in [4.69, 9.17) is 4.74 Å². The maximum Gasteiger partial charge on any atom is 0.248 e. The van der Waals surface area contributed by atoms with Crippen molar-refractivity contribution < 1.29 is 9.53 Å². The van der Waals surface area contributed by atoms with Gasteiger partial charge in [-0.25, -0.2) is 4.98 Å². The lowest BCUT2D eigenvalue weighted by atomic mass is 9.93. The van der Waals surface area contributed by atoms with Crippen molar-refractivity contribution in [1.29, 1.82) is 0 Å². The minimum absolute atomic E-state index is 0.121. The Morgan fingerprint density at radius 1 is 1.27 bits per heavy atom. The van der Waals surface area contributed by atoms with Crippen LogP contribution < -0.4 is 0 Å². The molecule has 0 aromatic carbocycles. The zero-order valence-corrected chi connectivity index (χ0v) is 15.7. The van der Waals surface area contributed by atoms with Crippen LogP contribution in [0.2, 0.25) is 0 Å². The molecular weight excluding hydrogens is 328 g/mol. The van der Waals surface area contributed by atoms with E-state index < -0.39 is 0 Å². The van der Waals surface area contributed by atoms with Crippen LogP contribution in [0, 0.1) is 12.8 Å². The fourth-order valence-corrected chi connectivity index (χ4v) is 3.54. The summed E-state index contributed by atoms with van der Waals surface area (Å²) in [6.07, 6.45) is 8.79. The lowest BCUT2D eigenvalue weighted by molar-refractivity contribution is -0.137. The lowest BCUT2D eigenvalue weighted by Gasteiger charge is -2.32. The third-order valence-corrected chi connectivity index (χ3v) is 5.15. The van der Waals surface area contributed by atoms with Crippen molar-refractivity contribution in [2.45, 2.75) is 39.7 Å². The van der Waals surface area contributed by atoms with E-state index in [1.54, 1.807) is 12.4 Å². The smallest absolute Gasteiger partial charge is 0.248 e. The number of imidazole rings is 1. The molecule has 0 unspecified atom stereocenters. The van der Waals surface area contributed by atoms with Crippen molar-refractivity contribution in [2.24, 2.45) is 5.92 Å². The molecule has 3 heterocycles. The predicted octanol–water partition coefficient (Wildman–Crippen LogP) is 2.92. The molecular formula is C20H28N4O2. The number of rotatable bonds is 7. The van der Waals surface area contributed by atoms with Gasteiger partial charge in [0, 0.05) is 56.1 Å². The van der Waals surface area contributed by atoms with E-state index in [2.05, 4.69) is 21.5 Å². The molecule has 26 heavy (non-hydrogen) atoms. The molecule has 1 aliphatic rings. The van der Waals surface area contributed by atoms with Gasteiger partial charge >= 0.3 is 0 Å². The predicted molar refractivity (Wildman–Crippen MR) is 101 cm³/mol. The summed E-state index contributed by atoms with van der Waals surface area (Å²) in [5.74, 6) is 1.78. The third-order valence-electron chi connectivity index (χ3n) is 5.15. The maximum absolute atomic E-state index is 12.0. The summed E-state index contributed by atoms with van der Waals surface area (Å²) in [5.41, 5.74) is 2.28. The van der Waals surface area contributed by atoms with E-state index >= 15 is 0 Å². The van der Waals surface area contributed by atoms with Gasteiger partial charge < -0.3 is 14.2 Å². The number of carbonyl (C=O) groups is 1. The van der Waals surface area contributed by atoms with Gasteiger partial charge in [0.2, 0.25) is 5.91 Å². The third kappa shape index (κ3) is 4.49. The van der Waals surface area contributed by atoms with Crippen LogP contribution in [0.1, 0.15) is 31.9 Å². The summed E-state index contributed by atoms with van der Waals surface area (Å²) in [4.78, 5) is 22.6. The average Bonchev–Trinajstić information content (AvgIpc) is 3.06. The van der Waals surface area contributed by atoms with Crippen molar-refractivity contribution in [2.75, 3.05) is 26.3 Å². The molecule has 1 amide bonds. The van der Waals surface area contributed by atoms with Crippen molar-refractivity contribution >= 4 is 5.91 Å². The van der Waals surface area contributed by atoms with Gasteiger partial charge in [-0.3, -0.25) is 9.78 Å². The Hall–Kier alpha value is -2.21. The standard InChI is InChI=1S/C20H28N4O2/c1-3-26-15-19(25)23-11-6-17(7-12-23)8-13-24-16(2)14-22-20(24)18-4-9-21-10-5-18/h4-5,9-10,14,17H,3,6-8,11-13,15H2,1-2H3. The second-order valence-corrected chi connectivity index (χ2v) is 6.86. The van der Waals surface area contributed by atoms with Gasteiger partial charge in [-0.05, 0) is 51.2 Å². The van der Waals surface area contributed by atoms with Crippen molar-refractivity contribution in [3.63, 3.8) is 0 Å². The fourth-order valence-electron chi connectivity index (χ4n) is 3.54. The number of nitrogens with zero attached hydrogens (tertiary/aromatic N) is 4. The van der Waals surface area contributed by atoms with Crippen LogP contribution >= 0.6 is 0 Å². The van der Waals surface area contributed by atoms with Gasteiger partial charge in [0.25, 0.3) is 0 Å². The Kier molecular flexibility index (Phi) is 6.39. The van der Waals surface area contributed by atoms with E-state index in [0.717, 1.165) is 50.3 Å². The Morgan fingerprint density at radius 2 is 2.00 bits per heavy atom. The summed E-state index contributed by atoms with van der Waals surface area (Å²) in [6, 6.07) is 4.00. The largest absolute Gasteiger partial charge is 0.372 e. The number of aryl methyl sites for hydroxylation is 1. The van der Waals surface area contributed by atoms with Crippen molar-refractivity contribution in [3.05, 3.63) is 36.4 Å². The van der Waals surface area contributed by atoms with Crippen LogP contribution in [0.3, 0.4) is 0 Å². The number of carbonyl (C=O) groups excluding carboxylic acids is 1. The molecule has 1 aliphatic heterocycles. The number of amides is 1. The molecule has 1 fully saturated rings. The van der Waals surface area contributed by atoms with Crippen LogP contribution in [0.5, 0.6) is 0 Å². The van der Waals surface area contributed by atoms with Crippen LogP contribution in [-0.2, 0) is 16.1 Å². The van der Waals surface area contributed by atoms with Gasteiger partial charge in [0.15, 0.2) is 0 Å². The van der Waals surface area contributed by atoms with Gasteiger partial charge in [0.05, 0.1) is 0 Å². The number of hydrogen-bond donors (Lipinski definition) is 0. The number of hydrogen-bond acceptors (Lipinski definition) is 4. The Balaban J connectivity index is 1.53. The average molecular weight is 356 g/mol.